The summed E-state index contributed by atoms with van der Waals surface area (Å²) in [5.74, 6) is -4.98. The molecule has 1 atom stereocenters. The van der Waals surface area contributed by atoms with E-state index in [2.05, 4.69) is 4.99 Å². The van der Waals surface area contributed by atoms with Crippen LogP contribution in [0.15, 0.2) is 35.3 Å². The van der Waals surface area contributed by atoms with Crippen LogP contribution in [0.4, 0.5) is 5.69 Å². The largest absolute Gasteiger partial charge is 0.481 e. The fourth-order valence-corrected chi connectivity index (χ4v) is 4.15. The molecular weight excluding hydrogens is 454 g/mol. The second kappa shape index (κ2) is 10.8. The van der Waals surface area contributed by atoms with Gasteiger partial charge in [-0.1, -0.05) is 0 Å². The number of aliphatic carboxylic acids is 2. The van der Waals surface area contributed by atoms with Crippen LogP contribution in [0.1, 0.15) is 63.1 Å². The summed E-state index contributed by atoms with van der Waals surface area (Å²) in [6.45, 7) is 1.73. The molecule has 184 valence electrons. The van der Waals surface area contributed by atoms with Crippen LogP contribution in [0.3, 0.4) is 0 Å². The van der Waals surface area contributed by atoms with Gasteiger partial charge in [0.2, 0.25) is 0 Å². The topological polar surface area (TPSA) is 182 Å². The van der Waals surface area contributed by atoms with E-state index < -0.39 is 42.5 Å². The number of ether oxygens (including phenoxy) is 1. The van der Waals surface area contributed by atoms with E-state index >= 15 is 0 Å². The number of benzene rings is 2. The number of nitrogens with zero attached hydrogens (tertiary/aromatic N) is 1. The van der Waals surface area contributed by atoms with Crippen molar-refractivity contribution in [2.24, 2.45) is 22.4 Å². The Labute approximate surface area is 201 Å². The summed E-state index contributed by atoms with van der Waals surface area (Å²) >= 11 is 0. The number of rotatable bonds is 7. The maximum absolute atomic E-state index is 13.1. The Hall–Kier alpha value is -4.21. The van der Waals surface area contributed by atoms with E-state index in [0.29, 0.717) is 48.1 Å². The van der Waals surface area contributed by atoms with Gasteiger partial charge in [0, 0.05) is 17.5 Å². The minimum Gasteiger partial charge on any atom is -0.481 e. The number of carboxylic acid groups (broad SMARTS) is 2. The number of Topliss-reactive ketones (excluding diaryl/α,β-unsaturated/α-hetero) is 1. The van der Waals surface area contributed by atoms with Gasteiger partial charge in [-0.2, -0.15) is 0 Å². The average Bonchev–Trinajstić information content (AvgIpc) is 2.76. The van der Waals surface area contributed by atoms with Crippen molar-refractivity contribution in [3.8, 4) is 5.75 Å². The zero-order valence-electron chi connectivity index (χ0n) is 19.2. The van der Waals surface area contributed by atoms with E-state index in [0.717, 1.165) is 5.56 Å². The van der Waals surface area contributed by atoms with Gasteiger partial charge >= 0.3 is 17.9 Å². The molecule has 6 N–H and O–H groups in total. The van der Waals surface area contributed by atoms with Crippen LogP contribution in [0.2, 0.25) is 0 Å². The maximum Gasteiger partial charge on any atom is 0.343 e. The van der Waals surface area contributed by atoms with Gasteiger partial charge in [0.1, 0.15) is 5.75 Å². The number of ketones is 1. The van der Waals surface area contributed by atoms with Crippen molar-refractivity contribution in [2.45, 2.75) is 45.4 Å². The minimum absolute atomic E-state index is 0.0949. The quantitative estimate of drug-likeness (QED) is 0.152. The minimum atomic E-state index is -1.36. The monoisotopic (exact) mass is 481 g/mol. The average molecular weight is 482 g/mol. The Morgan fingerprint density at radius 2 is 1.77 bits per heavy atom. The summed E-state index contributed by atoms with van der Waals surface area (Å²) in [5, 5.41) is 18.3. The van der Waals surface area contributed by atoms with Gasteiger partial charge in [-0.3, -0.25) is 14.4 Å². The van der Waals surface area contributed by atoms with Crippen molar-refractivity contribution in [1.82, 2.24) is 0 Å². The second-order valence-corrected chi connectivity index (χ2v) is 8.52. The first-order valence-electron chi connectivity index (χ1n) is 11.1. The molecule has 0 unspecified atom stereocenters. The highest BCUT2D eigenvalue weighted by Gasteiger charge is 2.28. The summed E-state index contributed by atoms with van der Waals surface area (Å²) in [4.78, 5) is 52.7. The molecule has 0 amide bonds. The molecule has 10 nitrogen and oxygen atoms in total. The Morgan fingerprint density at radius 1 is 1.06 bits per heavy atom. The summed E-state index contributed by atoms with van der Waals surface area (Å²) in [7, 11) is 0. The van der Waals surface area contributed by atoms with Crippen LogP contribution in [0, 0.1) is 12.8 Å². The van der Waals surface area contributed by atoms with Crippen molar-refractivity contribution in [1.29, 1.82) is 0 Å². The molecule has 0 spiro atoms. The van der Waals surface area contributed by atoms with Gasteiger partial charge in [0.25, 0.3) is 0 Å². The van der Waals surface area contributed by atoms with E-state index in [9.17, 15) is 24.3 Å². The first kappa shape index (κ1) is 25.4. The highest BCUT2D eigenvalue weighted by Crippen LogP contribution is 2.32. The van der Waals surface area contributed by atoms with Crippen LogP contribution in [-0.4, -0.2) is 39.9 Å². The van der Waals surface area contributed by atoms with Crippen molar-refractivity contribution >= 4 is 35.3 Å². The number of carbonyl (C=O) groups excluding carboxylic acids is 2. The van der Waals surface area contributed by atoms with Crippen LogP contribution >= 0.6 is 0 Å². The lowest BCUT2D eigenvalue weighted by Gasteiger charge is -2.19. The first-order valence-corrected chi connectivity index (χ1v) is 11.1. The molecule has 0 aromatic heterocycles. The Bertz CT molecular complexity index is 1220. The molecule has 0 radical (unpaired) electrons. The molecule has 0 saturated heterocycles. The normalized spacial score (nSPS) is 14.0. The van der Waals surface area contributed by atoms with E-state index in [-0.39, 0.29) is 17.3 Å². The highest BCUT2D eigenvalue weighted by molar-refractivity contribution is 6.01. The fraction of sp³-hybridized carbons (Fsp3) is 0.320. The summed E-state index contributed by atoms with van der Waals surface area (Å²) in [6.07, 6.45) is 1.21. The third kappa shape index (κ3) is 6.44. The van der Waals surface area contributed by atoms with E-state index in [1.807, 2.05) is 0 Å². The molecule has 2 aromatic rings. The lowest BCUT2D eigenvalue weighted by Crippen LogP contribution is -2.22. The number of fused-ring (bicyclic) bond motifs is 2. The zero-order valence-corrected chi connectivity index (χ0v) is 19.2. The molecule has 1 aliphatic rings. The Kier molecular flexibility index (Phi) is 7.85. The fourth-order valence-electron chi connectivity index (χ4n) is 4.15. The van der Waals surface area contributed by atoms with Crippen molar-refractivity contribution < 1.29 is 34.1 Å². The van der Waals surface area contributed by atoms with Gasteiger partial charge in [-0.15, -0.1) is 0 Å². The molecule has 0 aliphatic carbocycles. The van der Waals surface area contributed by atoms with Gasteiger partial charge in [-0.05, 0) is 74.1 Å². The standard InChI is InChI=1S/C25H27N3O7/c1-13-8-19(20(29)11-15(23(32)33)12-22(30)31)18-5-3-2-4-14-10-16(28-25(26)27)6-7-17(14)24(34)35-21(18)9-13/h6-10,15H,2-5,11-12H2,1H3,(H,30,31)(H,32,33)(H4,26,27,28)/t15-/m0/s1. The van der Waals surface area contributed by atoms with Gasteiger partial charge < -0.3 is 26.4 Å². The van der Waals surface area contributed by atoms with Crippen molar-refractivity contribution in [3.05, 3.63) is 58.1 Å². The molecular formula is C25H27N3O7. The van der Waals surface area contributed by atoms with E-state index in [1.165, 1.54) is 0 Å². The summed E-state index contributed by atoms with van der Waals surface area (Å²) in [6, 6.07) is 8.21. The van der Waals surface area contributed by atoms with Gasteiger partial charge in [-0.25, -0.2) is 9.79 Å². The van der Waals surface area contributed by atoms with Crippen LogP contribution in [0.25, 0.3) is 0 Å². The highest BCUT2D eigenvalue weighted by atomic mass is 16.5. The Morgan fingerprint density at radius 3 is 2.43 bits per heavy atom. The van der Waals surface area contributed by atoms with Crippen LogP contribution in [-0.2, 0) is 22.4 Å². The number of hydrogen-bond acceptors (Lipinski definition) is 6. The summed E-state index contributed by atoms with van der Waals surface area (Å²) in [5.41, 5.74) is 13.9. The second-order valence-electron chi connectivity index (χ2n) is 8.52. The molecule has 0 fully saturated rings. The molecule has 0 saturated carbocycles. The molecule has 0 bridgehead atoms. The summed E-state index contributed by atoms with van der Waals surface area (Å²) < 4.78 is 5.72. The number of nitrogens with two attached hydrogens (primary N) is 2. The van der Waals surface area contributed by atoms with Gasteiger partial charge in [0.05, 0.1) is 23.6 Å². The number of aryl methyl sites for hydroxylation is 2. The van der Waals surface area contributed by atoms with E-state index in [4.69, 9.17) is 21.3 Å². The number of aliphatic imine (C=N–C) groups is 1. The van der Waals surface area contributed by atoms with Crippen LogP contribution < -0.4 is 16.2 Å². The smallest absolute Gasteiger partial charge is 0.343 e. The lowest BCUT2D eigenvalue weighted by atomic mass is 9.89. The van der Waals surface area contributed by atoms with Gasteiger partial charge in [0.15, 0.2) is 11.7 Å². The van der Waals surface area contributed by atoms with E-state index in [1.54, 1.807) is 37.3 Å². The number of carbonyl (C=O) groups is 4. The predicted molar refractivity (Wildman–Crippen MR) is 127 cm³/mol. The third-order valence-corrected chi connectivity index (χ3v) is 5.75. The number of guanidine groups is 1. The number of esters is 1. The first-order chi connectivity index (χ1) is 16.5. The third-order valence-electron chi connectivity index (χ3n) is 5.75. The lowest BCUT2D eigenvalue weighted by molar-refractivity contribution is -0.148. The van der Waals surface area contributed by atoms with Crippen molar-refractivity contribution in [3.63, 3.8) is 0 Å². The Balaban J connectivity index is 1.98. The number of hydrogen-bond donors (Lipinski definition) is 4. The molecule has 2 aromatic carbocycles. The zero-order chi connectivity index (χ0) is 25.7. The molecule has 1 heterocycles. The predicted octanol–water partition coefficient (Wildman–Crippen LogP) is 2.75. The molecule has 10 heteroatoms. The van der Waals surface area contributed by atoms with Crippen molar-refractivity contribution in [2.75, 3.05) is 0 Å². The molecule has 1 aliphatic heterocycles. The SMILES string of the molecule is Cc1cc2c(c(C(=O)C[C@@H](CC(=O)O)C(=O)O)c1)CCCCc1cc(N=C(N)N)ccc1C(=O)O2. The van der Waals surface area contributed by atoms with Crippen LogP contribution in [0.5, 0.6) is 5.75 Å². The maximum atomic E-state index is 13.1. The molecule has 35 heavy (non-hydrogen) atoms. The number of carboxylic acids is 2. The molecule has 3 rings (SSSR count).